The Labute approximate surface area is 303 Å². The quantitative estimate of drug-likeness (QED) is 0.137. The molecule has 0 saturated carbocycles. The average Bonchev–Trinajstić information content (AvgIpc) is 3.70. The van der Waals surface area contributed by atoms with Gasteiger partial charge in [-0.05, 0) is 48.9 Å². The Balaban J connectivity index is 1.19. The highest BCUT2D eigenvalue weighted by Crippen LogP contribution is 2.28. The predicted molar refractivity (Wildman–Crippen MR) is 192 cm³/mol. The van der Waals surface area contributed by atoms with Crippen LogP contribution in [0.1, 0.15) is 50.4 Å². The monoisotopic (exact) mass is 744 g/mol. The van der Waals surface area contributed by atoms with Crippen LogP contribution in [0, 0.1) is 19.3 Å². The molecule has 2 aromatic carbocycles. The van der Waals surface area contributed by atoms with E-state index in [1.165, 1.54) is 17.0 Å². The van der Waals surface area contributed by atoms with Crippen LogP contribution in [0.4, 0.5) is 0 Å². The third-order valence-electron chi connectivity index (χ3n) is 8.30. The van der Waals surface area contributed by atoms with Gasteiger partial charge in [0.25, 0.3) is 10.1 Å². The number of amides is 3. The van der Waals surface area contributed by atoms with Crippen molar-refractivity contribution in [1.29, 1.82) is 0 Å². The van der Waals surface area contributed by atoms with Crippen LogP contribution in [-0.2, 0) is 44.7 Å². The highest BCUT2D eigenvalue weighted by atomic mass is 32.2. The van der Waals surface area contributed by atoms with Crippen LogP contribution in [0.25, 0.3) is 10.4 Å². The molecular weight excluding hydrogens is 697 g/mol. The number of thiazole rings is 1. The number of hydrogen-bond acceptors (Lipinski definition) is 11. The number of aliphatic hydroxyl groups is 1. The first-order valence-electron chi connectivity index (χ1n) is 16.8. The first-order chi connectivity index (χ1) is 24.2. The van der Waals surface area contributed by atoms with Gasteiger partial charge in [-0.2, -0.15) is 8.42 Å². The maximum absolute atomic E-state index is 13.8. The van der Waals surface area contributed by atoms with Crippen LogP contribution in [0.5, 0.6) is 0 Å². The van der Waals surface area contributed by atoms with Crippen molar-refractivity contribution < 1.29 is 41.6 Å². The Bertz CT molecular complexity index is 1720. The van der Waals surface area contributed by atoms with Crippen LogP contribution in [0.15, 0.2) is 58.9 Å². The molecular formula is C36H48N4O9S2. The fourth-order valence-electron chi connectivity index (χ4n) is 5.49. The van der Waals surface area contributed by atoms with Crippen LogP contribution in [-0.4, -0.2) is 98.9 Å². The number of rotatable bonds is 17. The molecule has 3 aromatic rings. The molecule has 1 saturated heterocycles. The molecule has 0 spiro atoms. The van der Waals surface area contributed by atoms with Crippen molar-refractivity contribution in [2.24, 2.45) is 5.41 Å². The second kappa shape index (κ2) is 18.2. The minimum absolute atomic E-state index is 0.0261. The predicted octanol–water partition coefficient (Wildman–Crippen LogP) is 3.36. The van der Waals surface area contributed by atoms with Crippen molar-refractivity contribution in [2.45, 2.75) is 77.1 Å². The topological polar surface area (TPSA) is 173 Å². The Morgan fingerprint density at radius 2 is 1.69 bits per heavy atom. The number of likely N-dealkylation sites (tertiary alicyclic amines) is 1. The fourth-order valence-corrected chi connectivity index (χ4v) is 7.19. The molecule has 13 nitrogen and oxygen atoms in total. The second-order valence-corrected chi connectivity index (χ2v) is 16.0. The maximum atomic E-state index is 13.8. The number of β-amino-alcohol motifs (C(OH)–C–C–N with tert-alkyl or cyclic N) is 1. The Kier molecular flexibility index (Phi) is 14.3. The Hall–Kier alpha value is -3.73. The summed E-state index contributed by atoms with van der Waals surface area (Å²) in [6.07, 6.45) is -0.346. The van der Waals surface area contributed by atoms with E-state index in [1.807, 2.05) is 58.9 Å². The molecule has 1 aromatic heterocycles. The number of aromatic nitrogens is 1. The van der Waals surface area contributed by atoms with E-state index in [9.17, 15) is 27.9 Å². The van der Waals surface area contributed by atoms with Gasteiger partial charge < -0.3 is 30.1 Å². The summed E-state index contributed by atoms with van der Waals surface area (Å²) in [5.41, 5.74) is 4.92. The van der Waals surface area contributed by atoms with Crippen molar-refractivity contribution in [1.82, 2.24) is 20.5 Å². The van der Waals surface area contributed by atoms with Crippen molar-refractivity contribution in [3.8, 4) is 10.4 Å². The molecule has 1 aliphatic heterocycles. The van der Waals surface area contributed by atoms with Gasteiger partial charge in [0.2, 0.25) is 17.7 Å². The van der Waals surface area contributed by atoms with Gasteiger partial charge >= 0.3 is 0 Å². The first kappa shape index (κ1) is 40.0. The van der Waals surface area contributed by atoms with Gasteiger partial charge in [0.15, 0.2) is 0 Å². The summed E-state index contributed by atoms with van der Waals surface area (Å²) in [7, 11) is -3.86. The zero-order valence-electron chi connectivity index (χ0n) is 29.7. The van der Waals surface area contributed by atoms with Crippen LogP contribution >= 0.6 is 11.3 Å². The van der Waals surface area contributed by atoms with Crippen molar-refractivity contribution >= 4 is 39.2 Å². The zero-order valence-corrected chi connectivity index (χ0v) is 31.3. The first-order valence-corrected chi connectivity index (χ1v) is 19.1. The minimum atomic E-state index is -3.86. The summed E-state index contributed by atoms with van der Waals surface area (Å²) in [6, 6.07) is 12.3. The van der Waals surface area contributed by atoms with Crippen LogP contribution in [0.3, 0.4) is 0 Å². The van der Waals surface area contributed by atoms with Gasteiger partial charge in [-0.25, -0.2) is 4.98 Å². The van der Waals surface area contributed by atoms with Gasteiger partial charge in [0, 0.05) is 32.7 Å². The smallest absolute Gasteiger partial charge is 0.297 e. The highest BCUT2D eigenvalue weighted by Gasteiger charge is 2.44. The molecule has 15 heteroatoms. The highest BCUT2D eigenvalue weighted by molar-refractivity contribution is 7.86. The number of benzene rings is 2. The molecule has 1 aliphatic rings. The van der Waals surface area contributed by atoms with E-state index in [0.29, 0.717) is 6.42 Å². The number of aliphatic hydroxyl groups excluding tert-OH is 1. The molecule has 3 atom stereocenters. The number of carbonyl (C=O) groups is 3. The lowest BCUT2D eigenvalue weighted by Gasteiger charge is -2.35. The SMILES string of the molecule is Cc1ccc(S(=O)(=O)OCCOCCCOCC(=O)NC(C(=O)N2C[C@H](O)C[C@H]2C(=O)NCc2ccc(-c3scnc3C)cc2)C(C)(C)C)cc1. The van der Waals surface area contributed by atoms with E-state index in [4.69, 9.17) is 13.7 Å². The van der Waals surface area contributed by atoms with Crippen LogP contribution < -0.4 is 10.6 Å². The Morgan fingerprint density at radius 3 is 2.33 bits per heavy atom. The molecule has 2 heterocycles. The molecule has 278 valence electrons. The van der Waals surface area contributed by atoms with Crippen molar-refractivity contribution in [3.05, 3.63) is 70.9 Å². The van der Waals surface area contributed by atoms with Gasteiger partial charge in [-0.15, -0.1) is 11.3 Å². The molecule has 0 bridgehead atoms. The van der Waals surface area contributed by atoms with Crippen molar-refractivity contribution in [2.75, 3.05) is 39.6 Å². The van der Waals surface area contributed by atoms with Crippen LogP contribution in [0.2, 0.25) is 0 Å². The van der Waals surface area contributed by atoms with Gasteiger partial charge in [-0.3, -0.25) is 18.6 Å². The molecule has 4 rings (SSSR count). The number of hydrogen-bond donors (Lipinski definition) is 3. The molecule has 3 amide bonds. The normalized spacial score (nSPS) is 16.9. The lowest BCUT2D eigenvalue weighted by Crippen LogP contribution is -2.58. The van der Waals surface area contributed by atoms with E-state index in [1.54, 1.807) is 29.0 Å². The summed E-state index contributed by atoms with van der Waals surface area (Å²) < 4.78 is 40.4. The summed E-state index contributed by atoms with van der Waals surface area (Å²) >= 11 is 1.57. The second-order valence-electron chi connectivity index (χ2n) is 13.6. The maximum Gasteiger partial charge on any atom is 0.297 e. The molecule has 1 unspecified atom stereocenters. The summed E-state index contributed by atoms with van der Waals surface area (Å²) in [6.45, 7) is 9.54. The lowest BCUT2D eigenvalue weighted by molar-refractivity contribution is -0.144. The standard InChI is InChI=1S/C36H48N4O9S2/c1-24-7-13-29(14-8-24)51(45,46)49-18-17-47-15-6-16-48-22-31(42)39-33(36(3,4)5)35(44)40-21-28(41)19-30(40)34(43)37-20-26-9-11-27(12-10-26)32-25(2)38-23-50-32/h7-14,23,28,30,33,41H,6,15-22H2,1-5H3,(H,37,43)(H,39,42)/t28-,30+,33?/m1/s1. The third-order valence-corrected chi connectivity index (χ3v) is 10.6. The zero-order chi connectivity index (χ0) is 37.2. The number of aryl methyl sites for hydroxylation is 2. The largest absolute Gasteiger partial charge is 0.391 e. The number of nitrogens with one attached hydrogen (secondary N) is 2. The van der Waals surface area contributed by atoms with E-state index in [2.05, 4.69) is 15.6 Å². The van der Waals surface area contributed by atoms with Gasteiger partial charge in [0.1, 0.15) is 18.7 Å². The summed E-state index contributed by atoms with van der Waals surface area (Å²) in [5.74, 6) is -1.35. The van der Waals surface area contributed by atoms with E-state index < -0.39 is 45.5 Å². The summed E-state index contributed by atoms with van der Waals surface area (Å²) in [4.78, 5) is 46.7. The molecule has 51 heavy (non-hydrogen) atoms. The van der Waals surface area contributed by atoms with E-state index >= 15 is 0 Å². The van der Waals surface area contributed by atoms with Gasteiger partial charge in [0.05, 0.1) is 40.3 Å². The number of ether oxygens (including phenoxy) is 2. The molecule has 0 aliphatic carbocycles. The Morgan fingerprint density at radius 1 is 1.00 bits per heavy atom. The molecule has 3 N–H and O–H groups in total. The molecule has 0 radical (unpaired) electrons. The summed E-state index contributed by atoms with van der Waals surface area (Å²) in [5, 5.41) is 16.1. The number of nitrogens with zero attached hydrogens (tertiary/aromatic N) is 2. The van der Waals surface area contributed by atoms with E-state index in [0.717, 1.165) is 27.3 Å². The lowest BCUT2D eigenvalue weighted by atomic mass is 9.85. The molecule has 1 fully saturated rings. The van der Waals surface area contributed by atoms with Crippen molar-refractivity contribution in [3.63, 3.8) is 0 Å². The van der Waals surface area contributed by atoms with E-state index in [-0.39, 0.29) is 63.3 Å². The average molecular weight is 745 g/mol. The minimum Gasteiger partial charge on any atom is -0.391 e. The third kappa shape index (κ3) is 11.6. The fraction of sp³-hybridized carbons (Fsp3) is 0.500. The van der Waals surface area contributed by atoms with Gasteiger partial charge in [-0.1, -0.05) is 62.7 Å². The number of carbonyl (C=O) groups excluding carboxylic acids is 3.